The van der Waals surface area contributed by atoms with Crippen LogP contribution in [0.2, 0.25) is 0 Å². The fraction of sp³-hybridized carbons (Fsp3) is 0.320. The summed E-state index contributed by atoms with van der Waals surface area (Å²) < 4.78 is 39.9. The monoisotopic (exact) mass is 563 g/mol. The van der Waals surface area contributed by atoms with Crippen molar-refractivity contribution in [1.82, 2.24) is 14.5 Å². The number of carbonyl (C=O) groups is 3. The third kappa shape index (κ3) is 6.43. The fourth-order valence-corrected chi connectivity index (χ4v) is 6.84. The van der Waals surface area contributed by atoms with Gasteiger partial charge in [0.2, 0.25) is 15.9 Å². The summed E-state index contributed by atoms with van der Waals surface area (Å²) in [5, 5.41) is 2.38. The zero-order valence-corrected chi connectivity index (χ0v) is 22.5. The summed E-state index contributed by atoms with van der Waals surface area (Å²) in [5.74, 6) is -1.52. The zero-order valence-electron chi connectivity index (χ0n) is 20.1. The molecule has 2 heterocycles. The number of nitrogens with zero attached hydrogens (tertiary/aromatic N) is 2. The molecule has 1 N–H and O–H groups in total. The average molecular weight is 564 g/mol. The largest absolute Gasteiger partial charge is 0.354 e. The molecule has 0 unspecified atom stereocenters. The Balaban J connectivity index is 1.25. The Morgan fingerprint density at radius 2 is 1.76 bits per heavy atom. The molecular formula is C25H26FN3O5S3. The van der Waals surface area contributed by atoms with Crippen molar-refractivity contribution in [2.24, 2.45) is 5.92 Å². The van der Waals surface area contributed by atoms with Crippen molar-refractivity contribution >= 4 is 56.7 Å². The van der Waals surface area contributed by atoms with E-state index in [4.69, 9.17) is 0 Å². The highest BCUT2D eigenvalue weighted by molar-refractivity contribution is 8.18. The quantitative estimate of drug-likeness (QED) is 0.385. The van der Waals surface area contributed by atoms with Gasteiger partial charge in [-0.05, 0) is 78.9 Å². The molecule has 0 saturated carbocycles. The fourth-order valence-electron chi connectivity index (χ4n) is 4.09. The SMILES string of the molecule is CSc1ccc(C=C2SC(=O)N(CCNC(=O)C3CCN(S(=O)(=O)c4ccc(F)cc4)CC3)C2=O)cc1. The first-order chi connectivity index (χ1) is 17.7. The van der Waals surface area contributed by atoms with E-state index >= 15 is 0 Å². The maximum absolute atomic E-state index is 13.1. The highest BCUT2D eigenvalue weighted by Crippen LogP contribution is 2.32. The van der Waals surface area contributed by atoms with E-state index < -0.39 is 21.7 Å². The Labute approximate surface area is 223 Å². The first-order valence-corrected chi connectivity index (χ1v) is 15.1. The van der Waals surface area contributed by atoms with Crippen LogP contribution in [0.1, 0.15) is 18.4 Å². The minimum absolute atomic E-state index is 0.0139. The highest BCUT2D eigenvalue weighted by Gasteiger charge is 2.35. The van der Waals surface area contributed by atoms with Gasteiger partial charge in [-0.2, -0.15) is 4.31 Å². The van der Waals surface area contributed by atoms with Crippen LogP contribution in [0.15, 0.2) is 63.2 Å². The molecule has 2 aromatic rings. The molecule has 2 aliphatic heterocycles. The van der Waals surface area contributed by atoms with Crippen molar-refractivity contribution in [3.63, 3.8) is 0 Å². The van der Waals surface area contributed by atoms with E-state index in [1.165, 1.54) is 16.4 Å². The van der Waals surface area contributed by atoms with Crippen molar-refractivity contribution in [3.05, 3.63) is 64.8 Å². The van der Waals surface area contributed by atoms with Gasteiger partial charge in [0, 0.05) is 37.0 Å². The Bertz CT molecular complexity index is 1310. The Morgan fingerprint density at radius 1 is 1.11 bits per heavy atom. The highest BCUT2D eigenvalue weighted by atomic mass is 32.2. The predicted molar refractivity (Wildman–Crippen MR) is 142 cm³/mol. The molecule has 0 spiro atoms. The number of piperidine rings is 1. The van der Waals surface area contributed by atoms with Gasteiger partial charge >= 0.3 is 0 Å². The summed E-state index contributed by atoms with van der Waals surface area (Å²) in [4.78, 5) is 40.3. The number of nitrogens with one attached hydrogen (secondary N) is 1. The van der Waals surface area contributed by atoms with E-state index in [-0.39, 0.29) is 48.1 Å². The summed E-state index contributed by atoms with van der Waals surface area (Å²) in [6.45, 7) is 0.505. The molecule has 196 valence electrons. The van der Waals surface area contributed by atoms with E-state index in [2.05, 4.69) is 5.32 Å². The van der Waals surface area contributed by atoms with Gasteiger partial charge in [-0.3, -0.25) is 19.3 Å². The number of sulfonamides is 1. The molecule has 4 rings (SSSR count). The molecule has 3 amide bonds. The predicted octanol–water partition coefficient (Wildman–Crippen LogP) is 3.80. The van der Waals surface area contributed by atoms with Crippen molar-refractivity contribution in [1.29, 1.82) is 0 Å². The summed E-state index contributed by atoms with van der Waals surface area (Å²) >= 11 is 2.49. The topological polar surface area (TPSA) is 104 Å². The number of halogens is 1. The lowest BCUT2D eigenvalue weighted by atomic mass is 9.97. The number of hydrogen-bond acceptors (Lipinski definition) is 7. The third-order valence-electron chi connectivity index (χ3n) is 6.20. The molecule has 0 aromatic heterocycles. The molecule has 0 atom stereocenters. The lowest BCUT2D eigenvalue weighted by Crippen LogP contribution is -2.44. The van der Waals surface area contributed by atoms with Crippen molar-refractivity contribution in [3.8, 4) is 0 Å². The van der Waals surface area contributed by atoms with Crippen LogP contribution in [0, 0.1) is 11.7 Å². The molecule has 0 radical (unpaired) electrons. The van der Waals surface area contributed by atoms with Gasteiger partial charge in [-0.1, -0.05) is 12.1 Å². The lowest BCUT2D eigenvalue weighted by Gasteiger charge is -2.30. The number of amides is 3. The maximum Gasteiger partial charge on any atom is 0.293 e. The minimum Gasteiger partial charge on any atom is -0.354 e. The van der Waals surface area contributed by atoms with Crippen LogP contribution in [-0.4, -0.2) is 67.1 Å². The second-order valence-electron chi connectivity index (χ2n) is 8.53. The molecule has 37 heavy (non-hydrogen) atoms. The Morgan fingerprint density at radius 3 is 2.38 bits per heavy atom. The molecule has 12 heteroatoms. The maximum atomic E-state index is 13.1. The molecule has 2 saturated heterocycles. The lowest BCUT2D eigenvalue weighted by molar-refractivity contribution is -0.127. The van der Waals surface area contributed by atoms with Crippen LogP contribution in [-0.2, 0) is 19.6 Å². The Kier molecular flexibility index (Phi) is 8.73. The summed E-state index contributed by atoms with van der Waals surface area (Å²) in [7, 11) is -3.76. The number of hydrogen-bond donors (Lipinski definition) is 1. The average Bonchev–Trinajstić information content (AvgIpc) is 3.16. The van der Waals surface area contributed by atoms with Gasteiger partial charge in [0.15, 0.2) is 0 Å². The van der Waals surface area contributed by atoms with E-state index in [1.807, 2.05) is 30.5 Å². The molecular weight excluding hydrogens is 537 g/mol. The minimum atomic E-state index is -3.76. The smallest absolute Gasteiger partial charge is 0.293 e. The molecule has 0 bridgehead atoms. The number of benzene rings is 2. The van der Waals surface area contributed by atoms with Crippen LogP contribution >= 0.6 is 23.5 Å². The van der Waals surface area contributed by atoms with Gasteiger partial charge in [-0.25, -0.2) is 12.8 Å². The molecule has 2 aliphatic rings. The van der Waals surface area contributed by atoms with Crippen LogP contribution < -0.4 is 5.32 Å². The molecule has 0 aliphatic carbocycles. The van der Waals surface area contributed by atoms with Gasteiger partial charge in [-0.15, -0.1) is 11.8 Å². The first-order valence-electron chi connectivity index (χ1n) is 11.6. The van der Waals surface area contributed by atoms with Crippen molar-refractivity contribution in [2.45, 2.75) is 22.6 Å². The summed E-state index contributed by atoms with van der Waals surface area (Å²) in [6, 6.07) is 12.3. The Hall–Kier alpha value is -2.67. The number of carbonyl (C=O) groups excluding carboxylic acids is 3. The zero-order chi connectivity index (χ0) is 26.6. The number of imide groups is 1. The standard InChI is InChI=1S/C25H26FN3O5S3/c1-35-20-6-2-17(3-7-20)16-22-24(31)29(25(32)36-22)15-12-27-23(30)18-10-13-28(14-11-18)37(33,34)21-8-4-19(26)5-9-21/h2-9,16,18H,10-15H2,1H3,(H,27,30). The summed E-state index contributed by atoms with van der Waals surface area (Å²) in [5.41, 5.74) is 0.824. The second-order valence-corrected chi connectivity index (χ2v) is 12.3. The van der Waals surface area contributed by atoms with Gasteiger partial charge in [0.05, 0.1) is 9.80 Å². The van der Waals surface area contributed by atoms with Crippen LogP contribution in [0.5, 0.6) is 0 Å². The van der Waals surface area contributed by atoms with E-state index in [1.54, 1.807) is 17.8 Å². The van der Waals surface area contributed by atoms with E-state index in [0.717, 1.165) is 39.3 Å². The van der Waals surface area contributed by atoms with Crippen LogP contribution in [0.25, 0.3) is 6.08 Å². The molecule has 2 aromatic carbocycles. The van der Waals surface area contributed by atoms with Crippen LogP contribution in [0.4, 0.5) is 9.18 Å². The molecule has 2 fully saturated rings. The third-order valence-corrected chi connectivity index (χ3v) is 9.76. The normalized spacial score (nSPS) is 18.5. The number of rotatable bonds is 8. The van der Waals surface area contributed by atoms with Crippen molar-refractivity contribution < 1.29 is 27.2 Å². The van der Waals surface area contributed by atoms with Crippen molar-refractivity contribution in [2.75, 3.05) is 32.4 Å². The van der Waals surface area contributed by atoms with Gasteiger partial charge < -0.3 is 5.32 Å². The van der Waals surface area contributed by atoms with Gasteiger partial charge in [0.25, 0.3) is 11.1 Å². The molecule has 8 nitrogen and oxygen atoms in total. The van der Waals surface area contributed by atoms with Gasteiger partial charge in [0.1, 0.15) is 5.82 Å². The second kappa shape index (κ2) is 11.8. The van der Waals surface area contributed by atoms with E-state index in [0.29, 0.717) is 17.7 Å². The van der Waals surface area contributed by atoms with Crippen LogP contribution in [0.3, 0.4) is 0 Å². The first kappa shape index (κ1) is 27.4. The number of thioether (sulfide) groups is 2. The van der Waals surface area contributed by atoms with E-state index in [9.17, 15) is 27.2 Å². The summed E-state index contributed by atoms with van der Waals surface area (Å²) in [6.07, 6.45) is 4.34.